The van der Waals surface area contributed by atoms with Crippen LogP contribution in [0.25, 0.3) is 11.1 Å². The van der Waals surface area contributed by atoms with Crippen LogP contribution in [-0.2, 0) is 0 Å². The van der Waals surface area contributed by atoms with Crippen molar-refractivity contribution >= 4 is 23.0 Å². The third kappa shape index (κ3) is 5.00. The fourth-order valence-electron chi connectivity index (χ4n) is 4.17. The van der Waals surface area contributed by atoms with Crippen LogP contribution >= 0.6 is 11.6 Å². The molecule has 0 fully saturated rings. The van der Waals surface area contributed by atoms with E-state index in [2.05, 4.69) is 5.10 Å². The summed E-state index contributed by atoms with van der Waals surface area (Å²) in [4.78, 5) is 0. The summed E-state index contributed by atoms with van der Waals surface area (Å²) in [5.74, 6) is 0.654. The van der Waals surface area contributed by atoms with E-state index in [-0.39, 0.29) is 10.7 Å². The molecular weight excluding hydrogens is 522 g/mol. The van der Waals surface area contributed by atoms with Gasteiger partial charge in [-0.05, 0) is 47.9 Å². The molecule has 11 heteroatoms. The van der Waals surface area contributed by atoms with E-state index < -0.39 is 36.1 Å². The van der Waals surface area contributed by atoms with Gasteiger partial charge in [-0.1, -0.05) is 60.1 Å². The Labute approximate surface area is 213 Å². The summed E-state index contributed by atoms with van der Waals surface area (Å²) in [6, 6.07) is 18.7. The summed E-state index contributed by atoms with van der Waals surface area (Å²) in [5.41, 5.74) is -4.53. The molecule has 4 nitrogen and oxygen atoms in total. The molecule has 0 aliphatic carbocycles. The molecule has 0 amide bonds. The summed E-state index contributed by atoms with van der Waals surface area (Å²) in [7, 11) is 0. The Morgan fingerprint density at radius 3 is 2.16 bits per heavy atom. The molecule has 37 heavy (non-hydrogen) atoms. The molecule has 1 N–H and O–H groups in total. The number of anilines is 1. The fraction of sp³-hybridized carbons (Fsp3) is 0.269. The lowest BCUT2D eigenvalue weighted by molar-refractivity contribution is -0.338. The lowest BCUT2D eigenvalue weighted by Crippen LogP contribution is -2.62. The SMILES string of the molecule is CCOc1cccc(-c2ccc(C3CC(C(O)(C(F)(F)F)C(F)(F)F)=NN3c3ccccc3Cl)cc2)c1. The molecule has 0 saturated carbocycles. The van der Waals surface area contributed by atoms with Crippen molar-refractivity contribution in [3.63, 3.8) is 0 Å². The first-order valence-corrected chi connectivity index (χ1v) is 11.6. The predicted octanol–water partition coefficient (Wildman–Crippen LogP) is 7.57. The van der Waals surface area contributed by atoms with Crippen LogP contribution in [-0.4, -0.2) is 35.4 Å². The molecule has 196 valence electrons. The number of para-hydroxylation sites is 1. The number of hydrogen-bond acceptors (Lipinski definition) is 4. The normalized spacial score (nSPS) is 16.6. The lowest BCUT2D eigenvalue weighted by atomic mass is 9.89. The molecule has 0 aromatic heterocycles. The van der Waals surface area contributed by atoms with Crippen molar-refractivity contribution in [1.82, 2.24) is 0 Å². The zero-order chi connectivity index (χ0) is 27.0. The minimum atomic E-state index is -6.04. The third-order valence-corrected chi connectivity index (χ3v) is 6.34. The van der Waals surface area contributed by atoms with Crippen molar-refractivity contribution in [2.45, 2.75) is 37.3 Å². The maximum atomic E-state index is 13.6. The second kappa shape index (κ2) is 9.90. The zero-order valence-corrected chi connectivity index (χ0v) is 20.1. The monoisotopic (exact) mass is 542 g/mol. The molecular formula is C26H21ClF6N2O2. The van der Waals surface area contributed by atoms with Gasteiger partial charge >= 0.3 is 12.4 Å². The van der Waals surface area contributed by atoms with Gasteiger partial charge in [0.2, 0.25) is 0 Å². The molecule has 0 spiro atoms. The Morgan fingerprint density at radius 1 is 0.919 bits per heavy atom. The number of aliphatic hydroxyl groups is 1. The third-order valence-electron chi connectivity index (χ3n) is 6.02. The second-order valence-corrected chi connectivity index (χ2v) is 8.76. The van der Waals surface area contributed by atoms with Crippen LogP contribution in [0.15, 0.2) is 77.9 Å². The minimum absolute atomic E-state index is 0.0735. The number of hydrazone groups is 1. The van der Waals surface area contributed by atoms with Gasteiger partial charge in [-0.25, -0.2) is 0 Å². The standard InChI is InChI=1S/C26H21ClF6N2O2/c1-2-37-19-7-5-6-18(14-19)16-10-12-17(13-11-16)22-15-23(24(36,25(28,29)30)26(31,32)33)34-35(22)21-9-4-3-8-20(21)27/h3-14,22,36H,2,15H2,1H3. The van der Waals surface area contributed by atoms with Gasteiger partial charge in [0.1, 0.15) is 5.75 Å². The van der Waals surface area contributed by atoms with Gasteiger partial charge in [0.15, 0.2) is 0 Å². The van der Waals surface area contributed by atoms with Crippen molar-refractivity contribution < 1.29 is 36.2 Å². The van der Waals surface area contributed by atoms with Crippen LogP contribution < -0.4 is 9.75 Å². The molecule has 3 aromatic rings. The molecule has 1 heterocycles. The van der Waals surface area contributed by atoms with Crippen LogP contribution in [0.2, 0.25) is 5.02 Å². The number of rotatable bonds is 6. The highest BCUT2D eigenvalue weighted by molar-refractivity contribution is 6.33. The van der Waals surface area contributed by atoms with Gasteiger partial charge in [-0.15, -0.1) is 0 Å². The summed E-state index contributed by atoms with van der Waals surface area (Å²) in [6.07, 6.45) is -12.9. The number of benzene rings is 3. The maximum absolute atomic E-state index is 13.6. The summed E-state index contributed by atoms with van der Waals surface area (Å²) in [6.45, 7) is 2.33. The first-order chi connectivity index (χ1) is 17.4. The lowest BCUT2D eigenvalue weighted by Gasteiger charge is -2.32. The van der Waals surface area contributed by atoms with Crippen LogP contribution in [0, 0.1) is 0 Å². The number of alkyl halides is 6. The van der Waals surface area contributed by atoms with Crippen molar-refractivity contribution in [1.29, 1.82) is 0 Å². The second-order valence-electron chi connectivity index (χ2n) is 8.35. The molecule has 1 aliphatic heterocycles. The van der Waals surface area contributed by atoms with E-state index in [0.29, 0.717) is 17.9 Å². The van der Waals surface area contributed by atoms with Crippen molar-refractivity contribution in [3.05, 3.63) is 83.4 Å². The van der Waals surface area contributed by atoms with Gasteiger partial charge < -0.3 is 9.84 Å². The highest BCUT2D eigenvalue weighted by Gasteiger charge is 2.74. The molecule has 1 aliphatic rings. The highest BCUT2D eigenvalue weighted by Crippen LogP contribution is 2.49. The highest BCUT2D eigenvalue weighted by atomic mass is 35.5. The van der Waals surface area contributed by atoms with E-state index >= 15 is 0 Å². The van der Waals surface area contributed by atoms with Gasteiger partial charge in [0.25, 0.3) is 5.60 Å². The Bertz CT molecular complexity index is 1280. The van der Waals surface area contributed by atoms with Crippen LogP contribution in [0.4, 0.5) is 32.0 Å². The van der Waals surface area contributed by atoms with Crippen LogP contribution in [0.5, 0.6) is 5.75 Å². The number of halogens is 7. The van der Waals surface area contributed by atoms with E-state index in [1.165, 1.54) is 18.2 Å². The summed E-state index contributed by atoms with van der Waals surface area (Å²) >= 11 is 6.21. The number of nitrogens with zero attached hydrogens (tertiary/aromatic N) is 2. The van der Waals surface area contributed by atoms with E-state index in [1.807, 2.05) is 19.1 Å². The Kier molecular flexibility index (Phi) is 7.18. The van der Waals surface area contributed by atoms with Gasteiger partial charge in [-0.2, -0.15) is 31.4 Å². The van der Waals surface area contributed by atoms with Crippen LogP contribution in [0.3, 0.4) is 0 Å². The Hall–Kier alpha value is -3.24. The van der Waals surface area contributed by atoms with Gasteiger partial charge in [0, 0.05) is 6.42 Å². The van der Waals surface area contributed by atoms with Crippen molar-refractivity contribution in [3.8, 4) is 16.9 Å². The van der Waals surface area contributed by atoms with E-state index in [1.54, 1.807) is 42.5 Å². The first-order valence-electron chi connectivity index (χ1n) is 11.2. The van der Waals surface area contributed by atoms with Crippen molar-refractivity contribution in [2.75, 3.05) is 11.6 Å². The van der Waals surface area contributed by atoms with E-state index in [9.17, 15) is 31.4 Å². The molecule has 0 bridgehead atoms. The Morgan fingerprint density at radius 2 is 1.57 bits per heavy atom. The molecule has 1 unspecified atom stereocenters. The first kappa shape index (κ1) is 26.8. The largest absolute Gasteiger partial charge is 0.494 e. The smallest absolute Gasteiger partial charge is 0.431 e. The maximum Gasteiger partial charge on any atom is 0.431 e. The van der Waals surface area contributed by atoms with Gasteiger partial charge in [-0.3, -0.25) is 5.01 Å². The summed E-state index contributed by atoms with van der Waals surface area (Å²) < 4.78 is 87.2. The topological polar surface area (TPSA) is 45.1 Å². The van der Waals surface area contributed by atoms with Crippen molar-refractivity contribution in [2.24, 2.45) is 5.10 Å². The molecule has 4 rings (SSSR count). The van der Waals surface area contributed by atoms with Gasteiger partial charge in [0.05, 0.1) is 29.1 Å². The fourth-order valence-corrected chi connectivity index (χ4v) is 4.39. The van der Waals surface area contributed by atoms with E-state index in [0.717, 1.165) is 16.1 Å². The summed E-state index contributed by atoms with van der Waals surface area (Å²) in [5, 5.41) is 14.7. The predicted molar refractivity (Wildman–Crippen MR) is 129 cm³/mol. The number of ether oxygens (including phenoxy) is 1. The average molecular weight is 543 g/mol. The minimum Gasteiger partial charge on any atom is -0.494 e. The zero-order valence-electron chi connectivity index (χ0n) is 19.3. The Balaban J connectivity index is 1.75. The average Bonchev–Trinajstić information content (AvgIpc) is 3.28. The molecule has 1 atom stereocenters. The quantitative estimate of drug-likeness (QED) is 0.327. The molecule has 0 saturated heterocycles. The van der Waals surface area contributed by atoms with Crippen LogP contribution in [0.1, 0.15) is 24.9 Å². The number of hydrogen-bond donors (Lipinski definition) is 1. The van der Waals surface area contributed by atoms with E-state index in [4.69, 9.17) is 16.3 Å². The molecule has 3 aromatic carbocycles. The molecule has 0 radical (unpaired) electrons.